The van der Waals surface area contributed by atoms with Crippen molar-refractivity contribution in [3.63, 3.8) is 0 Å². The van der Waals surface area contributed by atoms with Crippen LogP contribution in [0.4, 0.5) is 4.39 Å². The van der Waals surface area contributed by atoms with Crippen LogP contribution in [0.25, 0.3) is 0 Å². The molecule has 3 N–H and O–H groups in total. The first kappa shape index (κ1) is 17.9. The zero-order chi connectivity index (χ0) is 16.2. The molecule has 0 radical (unpaired) electrons. The Morgan fingerprint density at radius 1 is 1.18 bits per heavy atom. The van der Waals surface area contributed by atoms with Crippen LogP contribution in [0.3, 0.4) is 0 Å². The monoisotopic (exact) mass is 308 g/mol. The maximum Gasteiger partial charge on any atom is 0.241 e. The normalized spacial score (nSPS) is 11.1. The molecule has 0 atom stereocenters. The number of amides is 1. The summed E-state index contributed by atoms with van der Waals surface area (Å²) in [5.41, 5.74) is 0.920. The summed E-state index contributed by atoms with van der Waals surface area (Å²) in [6, 6.07) is 6.52. The van der Waals surface area contributed by atoms with Crippen LogP contribution in [0.1, 0.15) is 25.8 Å². The Morgan fingerprint density at radius 3 is 2.68 bits per heavy atom. The van der Waals surface area contributed by atoms with E-state index in [1.807, 2.05) is 19.9 Å². The number of hydrogen-bond acceptors (Lipinski definition) is 2. The minimum atomic E-state index is -0.231. The van der Waals surface area contributed by atoms with E-state index in [9.17, 15) is 9.18 Å². The van der Waals surface area contributed by atoms with Crippen LogP contribution in [0.5, 0.6) is 0 Å². The highest BCUT2D eigenvalue weighted by molar-refractivity contribution is 5.84. The second-order valence-corrected chi connectivity index (χ2v) is 4.85. The van der Waals surface area contributed by atoms with Gasteiger partial charge in [-0.1, -0.05) is 19.1 Å². The van der Waals surface area contributed by atoms with Crippen LogP contribution in [-0.2, 0) is 11.2 Å². The molecule has 1 aromatic rings. The van der Waals surface area contributed by atoms with Gasteiger partial charge in [-0.05, 0) is 37.5 Å². The summed E-state index contributed by atoms with van der Waals surface area (Å²) in [6.45, 7) is 6.05. The van der Waals surface area contributed by atoms with E-state index in [0.29, 0.717) is 32.0 Å². The smallest absolute Gasteiger partial charge is 0.241 e. The number of guanidine groups is 1. The van der Waals surface area contributed by atoms with Crippen molar-refractivity contribution in [2.45, 2.75) is 26.7 Å². The van der Waals surface area contributed by atoms with Crippen LogP contribution in [0.2, 0.25) is 0 Å². The largest absolute Gasteiger partial charge is 0.357 e. The highest BCUT2D eigenvalue weighted by Gasteiger charge is 2.02. The fourth-order valence-electron chi connectivity index (χ4n) is 1.83. The maximum absolute atomic E-state index is 13.1. The highest BCUT2D eigenvalue weighted by atomic mass is 19.1. The van der Waals surface area contributed by atoms with Crippen LogP contribution in [0, 0.1) is 5.82 Å². The molecule has 0 aliphatic rings. The molecule has 6 heteroatoms. The van der Waals surface area contributed by atoms with Crippen molar-refractivity contribution >= 4 is 11.9 Å². The summed E-state index contributed by atoms with van der Waals surface area (Å²) in [6.07, 6.45) is 1.59. The molecule has 1 amide bonds. The SMILES string of the molecule is CCCNC(=O)CN=C(NCC)NCCc1cccc(F)c1. The van der Waals surface area contributed by atoms with Gasteiger partial charge >= 0.3 is 0 Å². The molecule has 122 valence electrons. The van der Waals surface area contributed by atoms with E-state index in [1.54, 1.807) is 6.07 Å². The van der Waals surface area contributed by atoms with E-state index in [-0.39, 0.29) is 18.3 Å². The van der Waals surface area contributed by atoms with Crippen molar-refractivity contribution < 1.29 is 9.18 Å². The molecule has 0 fully saturated rings. The molecule has 0 spiro atoms. The summed E-state index contributed by atoms with van der Waals surface area (Å²) in [5, 5.41) is 8.99. The molecule has 5 nitrogen and oxygen atoms in total. The standard InChI is InChI=1S/C16H25FN4O/c1-3-9-19-15(22)12-21-16(18-4-2)20-10-8-13-6-5-7-14(17)11-13/h5-7,11H,3-4,8-10,12H2,1-2H3,(H,19,22)(H2,18,20,21). The fourth-order valence-corrected chi connectivity index (χ4v) is 1.83. The molecule has 0 aromatic heterocycles. The van der Waals surface area contributed by atoms with Gasteiger partial charge in [0.1, 0.15) is 12.4 Å². The van der Waals surface area contributed by atoms with Gasteiger partial charge in [0.05, 0.1) is 0 Å². The number of carbonyl (C=O) groups excluding carboxylic acids is 1. The highest BCUT2D eigenvalue weighted by Crippen LogP contribution is 2.03. The van der Waals surface area contributed by atoms with Gasteiger partial charge in [-0.3, -0.25) is 4.79 Å². The molecular weight excluding hydrogens is 283 g/mol. The first-order valence-electron chi connectivity index (χ1n) is 7.69. The van der Waals surface area contributed by atoms with Gasteiger partial charge in [0.2, 0.25) is 5.91 Å². The first-order valence-corrected chi connectivity index (χ1v) is 7.69. The molecule has 0 saturated heterocycles. The number of nitrogens with zero attached hydrogens (tertiary/aromatic N) is 1. The second-order valence-electron chi connectivity index (χ2n) is 4.85. The third kappa shape index (κ3) is 7.61. The molecule has 0 saturated carbocycles. The van der Waals surface area contributed by atoms with Crippen molar-refractivity contribution in [2.24, 2.45) is 4.99 Å². The summed E-state index contributed by atoms with van der Waals surface area (Å²) < 4.78 is 13.1. The third-order valence-electron chi connectivity index (χ3n) is 2.89. The van der Waals surface area contributed by atoms with Crippen LogP contribution < -0.4 is 16.0 Å². The van der Waals surface area contributed by atoms with Gasteiger partial charge in [0, 0.05) is 19.6 Å². The van der Waals surface area contributed by atoms with Crippen molar-refractivity contribution in [1.82, 2.24) is 16.0 Å². The predicted molar refractivity (Wildman–Crippen MR) is 87.4 cm³/mol. The third-order valence-corrected chi connectivity index (χ3v) is 2.89. The number of benzene rings is 1. The molecule has 22 heavy (non-hydrogen) atoms. The Labute approximate surface area is 131 Å². The van der Waals surface area contributed by atoms with Crippen LogP contribution >= 0.6 is 0 Å². The van der Waals surface area contributed by atoms with E-state index < -0.39 is 0 Å². The summed E-state index contributed by atoms with van der Waals surface area (Å²) in [4.78, 5) is 15.8. The lowest BCUT2D eigenvalue weighted by atomic mass is 10.1. The number of rotatable bonds is 8. The van der Waals surface area contributed by atoms with Gasteiger partial charge in [-0.2, -0.15) is 0 Å². The Hall–Kier alpha value is -2.11. The molecular formula is C16H25FN4O. The Morgan fingerprint density at radius 2 is 2.00 bits per heavy atom. The molecule has 0 bridgehead atoms. The van der Waals surface area contributed by atoms with Crippen molar-refractivity contribution in [2.75, 3.05) is 26.2 Å². The summed E-state index contributed by atoms with van der Waals surface area (Å²) >= 11 is 0. The van der Waals surface area contributed by atoms with E-state index in [2.05, 4.69) is 20.9 Å². The zero-order valence-electron chi connectivity index (χ0n) is 13.3. The quantitative estimate of drug-likeness (QED) is 0.503. The van der Waals surface area contributed by atoms with Gasteiger partial charge in [-0.15, -0.1) is 0 Å². The number of aliphatic imine (C=N–C) groups is 1. The predicted octanol–water partition coefficient (Wildman–Crippen LogP) is 1.45. The molecule has 0 heterocycles. The number of hydrogen-bond donors (Lipinski definition) is 3. The Balaban J connectivity index is 2.41. The van der Waals surface area contributed by atoms with E-state index in [0.717, 1.165) is 12.0 Å². The van der Waals surface area contributed by atoms with Crippen molar-refractivity contribution in [3.05, 3.63) is 35.6 Å². The van der Waals surface area contributed by atoms with Gasteiger partial charge in [0.15, 0.2) is 5.96 Å². The van der Waals surface area contributed by atoms with Crippen LogP contribution in [-0.4, -0.2) is 38.0 Å². The second kappa shape index (κ2) is 10.6. The van der Waals surface area contributed by atoms with E-state index in [4.69, 9.17) is 0 Å². The van der Waals surface area contributed by atoms with Crippen molar-refractivity contribution in [3.8, 4) is 0 Å². The molecule has 0 aliphatic carbocycles. The average Bonchev–Trinajstić information content (AvgIpc) is 2.50. The minimum absolute atomic E-state index is 0.0926. The van der Waals surface area contributed by atoms with Crippen LogP contribution in [0.15, 0.2) is 29.3 Å². The molecule has 1 rings (SSSR count). The number of carbonyl (C=O) groups is 1. The van der Waals surface area contributed by atoms with Gasteiger partial charge in [0.25, 0.3) is 0 Å². The summed E-state index contributed by atoms with van der Waals surface area (Å²) in [5.74, 6) is 0.264. The number of nitrogens with one attached hydrogen (secondary N) is 3. The lowest BCUT2D eigenvalue weighted by molar-refractivity contribution is -0.119. The Bertz CT molecular complexity index is 491. The van der Waals surface area contributed by atoms with Crippen molar-refractivity contribution in [1.29, 1.82) is 0 Å². The molecule has 0 aliphatic heterocycles. The van der Waals surface area contributed by atoms with Gasteiger partial charge in [-0.25, -0.2) is 9.38 Å². The zero-order valence-corrected chi connectivity index (χ0v) is 13.3. The average molecular weight is 308 g/mol. The van der Waals surface area contributed by atoms with Gasteiger partial charge < -0.3 is 16.0 Å². The minimum Gasteiger partial charge on any atom is -0.357 e. The number of halogens is 1. The lowest BCUT2D eigenvalue weighted by Gasteiger charge is -2.11. The molecule has 1 aromatic carbocycles. The van der Waals surface area contributed by atoms with E-state index >= 15 is 0 Å². The Kier molecular flexibility index (Phi) is 8.64. The topological polar surface area (TPSA) is 65.5 Å². The molecule has 0 unspecified atom stereocenters. The lowest BCUT2D eigenvalue weighted by Crippen LogP contribution is -2.39. The summed E-state index contributed by atoms with van der Waals surface area (Å²) in [7, 11) is 0. The van der Waals surface area contributed by atoms with E-state index in [1.165, 1.54) is 12.1 Å². The first-order chi connectivity index (χ1) is 10.7. The fraction of sp³-hybridized carbons (Fsp3) is 0.500. The maximum atomic E-state index is 13.1.